The van der Waals surface area contributed by atoms with E-state index in [9.17, 15) is 14.5 Å². The molecule has 2 aromatic rings. The first-order valence-electron chi connectivity index (χ1n) is 6.16. The lowest BCUT2D eigenvalue weighted by atomic mass is 10.2. The largest absolute Gasteiger partial charge is 0.457 e. The molecule has 0 spiro atoms. The molecule has 0 saturated heterocycles. The van der Waals surface area contributed by atoms with Crippen LogP contribution in [0.4, 0.5) is 15.8 Å². The molecule has 2 aromatic carbocycles. The lowest BCUT2D eigenvalue weighted by molar-refractivity contribution is -0.384. The molecule has 0 amide bonds. The molecule has 0 aliphatic rings. The van der Waals surface area contributed by atoms with Crippen LogP contribution in [0.3, 0.4) is 0 Å². The number of non-ortho nitro benzene ring substituents is 1. The van der Waals surface area contributed by atoms with Crippen LogP contribution in [0.1, 0.15) is 6.92 Å². The van der Waals surface area contributed by atoms with Gasteiger partial charge in [-0.1, -0.05) is 0 Å². The molecule has 0 saturated carbocycles. The van der Waals surface area contributed by atoms with Crippen molar-refractivity contribution in [2.45, 2.75) is 6.92 Å². The van der Waals surface area contributed by atoms with Crippen molar-refractivity contribution in [1.29, 1.82) is 0 Å². The first kappa shape index (κ1) is 15.2. The number of hydrogen-bond acceptors (Lipinski definition) is 4. The molecule has 5 nitrogen and oxygen atoms in total. The first-order valence-corrected chi connectivity index (χ1v) is 6.95. The smallest absolute Gasteiger partial charge is 0.275 e. The molecule has 0 bridgehead atoms. The predicted octanol–water partition coefficient (Wildman–Crippen LogP) is 4.72. The van der Waals surface area contributed by atoms with Crippen molar-refractivity contribution in [3.05, 3.63) is 56.8 Å². The van der Waals surface area contributed by atoms with Crippen molar-refractivity contribution in [2.75, 3.05) is 11.9 Å². The molecule has 0 unspecified atom stereocenters. The molecule has 0 aromatic heterocycles. The average molecular weight is 355 g/mol. The van der Waals surface area contributed by atoms with Crippen LogP contribution in [0.2, 0.25) is 0 Å². The van der Waals surface area contributed by atoms with E-state index >= 15 is 0 Å². The first-order chi connectivity index (χ1) is 9.99. The Hall–Kier alpha value is -2.15. The normalized spacial score (nSPS) is 10.2. The summed E-state index contributed by atoms with van der Waals surface area (Å²) in [6.45, 7) is 2.50. The summed E-state index contributed by atoms with van der Waals surface area (Å²) >= 11 is 3.05. The van der Waals surface area contributed by atoms with Gasteiger partial charge in [-0.2, -0.15) is 0 Å². The monoisotopic (exact) mass is 354 g/mol. The summed E-state index contributed by atoms with van der Waals surface area (Å²) in [5, 5.41) is 13.9. The number of anilines is 1. The minimum atomic E-state index is -0.504. The van der Waals surface area contributed by atoms with Crippen LogP contribution in [-0.4, -0.2) is 11.5 Å². The number of nitro benzene ring substituents is 1. The zero-order valence-electron chi connectivity index (χ0n) is 11.1. The molecular weight excluding hydrogens is 343 g/mol. The molecule has 0 heterocycles. The Morgan fingerprint density at radius 1 is 1.29 bits per heavy atom. The molecule has 1 N–H and O–H groups in total. The summed E-state index contributed by atoms with van der Waals surface area (Å²) < 4.78 is 19.3. The molecule has 0 aliphatic heterocycles. The summed E-state index contributed by atoms with van der Waals surface area (Å²) in [5.74, 6) is 0.0605. The minimum absolute atomic E-state index is 0.0963. The molecule has 0 atom stereocenters. The summed E-state index contributed by atoms with van der Waals surface area (Å²) in [6.07, 6.45) is 0. The van der Waals surface area contributed by atoms with Crippen molar-refractivity contribution >= 4 is 27.3 Å². The van der Waals surface area contributed by atoms with E-state index in [2.05, 4.69) is 21.2 Å². The van der Waals surface area contributed by atoms with Gasteiger partial charge in [-0.15, -0.1) is 0 Å². The molecule has 0 radical (unpaired) electrons. The Kier molecular flexibility index (Phi) is 4.74. The highest BCUT2D eigenvalue weighted by Gasteiger charge is 2.11. The highest BCUT2D eigenvalue weighted by molar-refractivity contribution is 9.10. The molecule has 7 heteroatoms. The highest BCUT2D eigenvalue weighted by Crippen LogP contribution is 2.31. The third-order valence-electron chi connectivity index (χ3n) is 2.61. The van der Waals surface area contributed by atoms with Crippen LogP contribution >= 0.6 is 15.9 Å². The topological polar surface area (TPSA) is 64.4 Å². The number of rotatable bonds is 5. The summed E-state index contributed by atoms with van der Waals surface area (Å²) in [6, 6.07) is 8.61. The van der Waals surface area contributed by atoms with Crippen molar-refractivity contribution in [3.63, 3.8) is 0 Å². The Balaban J connectivity index is 2.33. The fourth-order valence-electron chi connectivity index (χ4n) is 1.73. The third kappa shape index (κ3) is 3.91. The maximum absolute atomic E-state index is 13.4. The Bertz CT molecular complexity index is 679. The fourth-order valence-corrected chi connectivity index (χ4v) is 1.98. The quantitative estimate of drug-likeness (QED) is 0.623. The van der Waals surface area contributed by atoms with Crippen LogP contribution in [0.25, 0.3) is 0 Å². The fraction of sp³-hybridized carbons (Fsp3) is 0.143. The summed E-state index contributed by atoms with van der Waals surface area (Å²) in [7, 11) is 0. The van der Waals surface area contributed by atoms with Gasteiger partial charge in [-0.05, 0) is 35.0 Å². The van der Waals surface area contributed by atoms with Gasteiger partial charge in [0.25, 0.3) is 5.69 Å². The molecule has 0 aliphatic carbocycles. The van der Waals surface area contributed by atoms with Crippen molar-refractivity contribution in [2.24, 2.45) is 0 Å². The highest BCUT2D eigenvalue weighted by atomic mass is 79.9. The van der Waals surface area contributed by atoms with Gasteiger partial charge in [0, 0.05) is 30.4 Å². The second-order valence-corrected chi connectivity index (χ2v) is 5.04. The van der Waals surface area contributed by atoms with Crippen molar-refractivity contribution < 1.29 is 14.1 Å². The van der Waals surface area contributed by atoms with Crippen molar-refractivity contribution in [1.82, 2.24) is 0 Å². The van der Waals surface area contributed by atoms with E-state index < -0.39 is 10.7 Å². The van der Waals surface area contributed by atoms with Crippen LogP contribution < -0.4 is 10.1 Å². The third-order valence-corrected chi connectivity index (χ3v) is 3.25. The lowest BCUT2D eigenvalue weighted by Crippen LogP contribution is -1.98. The molecular formula is C14H12BrFN2O3. The van der Waals surface area contributed by atoms with Gasteiger partial charge in [-0.3, -0.25) is 10.1 Å². The van der Waals surface area contributed by atoms with Crippen LogP contribution in [-0.2, 0) is 0 Å². The van der Waals surface area contributed by atoms with Crippen LogP contribution in [0, 0.1) is 15.9 Å². The number of benzene rings is 2. The second-order valence-electron chi connectivity index (χ2n) is 4.18. The molecule has 110 valence electrons. The van der Waals surface area contributed by atoms with Gasteiger partial charge >= 0.3 is 0 Å². The van der Waals surface area contributed by atoms with Gasteiger partial charge < -0.3 is 10.1 Å². The van der Waals surface area contributed by atoms with E-state index in [4.69, 9.17) is 4.74 Å². The predicted molar refractivity (Wildman–Crippen MR) is 81.4 cm³/mol. The molecule has 0 fully saturated rings. The maximum atomic E-state index is 13.4. The second kappa shape index (κ2) is 6.53. The van der Waals surface area contributed by atoms with E-state index in [1.54, 1.807) is 12.1 Å². The SMILES string of the molecule is CCNc1cc(Oc2ccc(Br)c(F)c2)cc([N+](=O)[O-])c1. The van der Waals surface area contributed by atoms with Crippen LogP contribution in [0.5, 0.6) is 11.5 Å². The minimum Gasteiger partial charge on any atom is -0.457 e. The Labute approximate surface area is 129 Å². The van der Waals surface area contributed by atoms with Gasteiger partial charge in [0.15, 0.2) is 0 Å². The summed E-state index contributed by atoms with van der Waals surface area (Å²) in [4.78, 5) is 10.4. The van der Waals surface area contributed by atoms with Gasteiger partial charge in [-0.25, -0.2) is 4.39 Å². The standard InChI is InChI=1S/C14H12BrFN2O3/c1-2-17-9-5-10(18(19)20)7-12(6-9)21-11-3-4-13(15)14(16)8-11/h3-8,17H,2H2,1H3. The van der Waals surface area contributed by atoms with E-state index in [0.29, 0.717) is 16.7 Å². The Morgan fingerprint density at radius 3 is 2.67 bits per heavy atom. The van der Waals surface area contributed by atoms with E-state index in [1.165, 1.54) is 24.3 Å². The maximum Gasteiger partial charge on any atom is 0.275 e. The van der Waals surface area contributed by atoms with Gasteiger partial charge in [0.2, 0.25) is 0 Å². The van der Waals surface area contributed by atoms with Crippen LogP contribution in [0.15, 0.2) is 40.9 Å². The van der Waals surface area contributed by atoms with Crippen molar-refractivity contribution in [3.8, 4) is 11.5 Å². The van der Waals surface area contributed by atoms with E-state index in [1.807, 2.05) is 6.92 Å². The number of nitro groups is 1. The van der Waals surface area contributed by atoms with Gasteiger partial charge in [0.1, 0.15) is 17.3 Å². The zero-order chi connectivity index (χ0) is 15.4. The Morgan fingerprint density at radius 2 is 2.05 bits per heavy atom. The van der Waals surface area contributed by atoms with Gasteiger partial charge in [0.05, 0.1) is 15.5 Å². The van der Waals surface area contributed by atoms with E-state index in [-0.39, 0.29) is 17.2 Å². The molecule has 21 heavy (non-hydrogen) atoms. The average Bonchev–Trinajstić information content (AvgIpc) is 2.43. The molecule has 2 rings (SSSR count). The number of ether oxygens (including phenoxy) is 1. The number of nitrogens with one attached hydrogen (secondary N) is 1. The number of nitrogens with zero attached hydrogens (tertiary/aromatic N) is 1. The number of hydrogen-bond donors (Lipinski definition) is 1. The number of halogens is 2. The lowest BCUT2D eigenvalue weighted by Gasteiger charge is -2.09. The van der Waals surface area contributed by atoms with E-state index in [0.717, 1.165) is 0 Å². The zero-order valence-corrected chi connectivity index (χ0v) is 12.7. The summed E-state index contributed by atoms with van der Waals surface area (Å²) in [5.41, 5.74) is 0.473.